The first-order valence-electron chi connectivity index (χ1n) is 7.05. The third-order valence-electron chi connectivity index (χ3n) is 3.56. The largest absolute Gasteiger partial charge is 0.473 e. The zero-order valence-corrected chi connectivity index (χ0v) is 12.5. The number of aromatic nitrogens is 1. The molecule has 21 heavy (non-hydrogen) atoms. The van der Waals surface area contributed by atoms with E-state index in [4.69, 9.17) is 22.1 Å². The first-order valence-corrected chi connectivity index (χ1v) is 7.43. The molecule has 110 valence electrons. The molecule has 0 bridgehead atoms. The Hall–Kier alpha value is -1.78. The van der Waals surface area contributed by atoms with Gasteiger partial charge in [-0.15, -0.1) is 0 Å². The summed E-state index contributed by atoms with van der Waals surface area (Å²) in [5.41, 5.74) is 7.64. The molecule has 0 amide bonds. The van der Waals surface area contributed by atoms with Crippen LogP contribution in [0.3, 0.4) is 0 Å². The lowest BCUT2D eigenvalue weighted by molar-refractivity contribution is 0.191. The Kier molecular flexibility index (Phi) is 4.27. The van der Waals surface area contributed by atoms with Gasteiger partial charge in [-0.25, -0.2) is 4.98 Å². The monoisotopic (exact) mass is 303 g/mol. The highest BCUT2D eigenvalue weighted by molar-refractivity contribution is 6.29. The summed E-state index contributed by atoms with van der Waals surface area (Å²) in [5.74, 6) is 0.506. The molecule has 0 spiro atoms. The van der Waals surface area contributed by atoms with E-state index in [9.17, 15) is 0 Å². The number of pyridine rings is 1. The molecule has 0 aliphatic carbocycles. The summed E-state index contributed by atoms with van der Waals surface area (Å²) < 4.78 is 5.89. The van der Waals surface area contributed by atoms with E-state index in [1.807, 2.05) is 6.07 Å². The minimum absolute atomic E-state index is 0.138. The number of halogens is 1. The van der Waals surface area contributed by atoms with Gasteiger partial charge in [-0.2, -0.15) is 0 Å². The Balaban J connectivity index is 1.57. The van der Waals surface area contributed by atoms with Crippen molar-refractivity contribution in [1.29, 1.82) is 0 Å². The fourth-order valence-electron chi connectivity index (χ4n) is 2.60. The van der Waals surface area contributed by atoms with Crippen LogP contribution in [-0.4, -0.2) is 29.1 Å². The lowest BCUT2D eigenvalue weighted by Crippen LogP contribution is -2.24. The Morgan fingerprint density at radius 1 is 1.29 bits per heavy atom. The topological polar surface area (TPSA) is 51.4 Å². The second kappa shape index (κ2) is 6.33. The van der Waals surface area contributed by atoms with Crippen LogP contribution in [0, 0.1) is 0 Å². The highest BCUT2D eigenvalue weighted by atomic mass is 35.5. The Bertz CT molecular complexity index is 585. The minimum atomic E-state index is 0.138. The molecule has 2 aromatic rings. The van der Waals surface area contributed by atoms with Gasteiger partial charge in [0.1, 0.15) is 11.3 Å². The number of hydrogen-bond donors (Lipinski definition) is 1. The molecule has 2 heterocycles. The standard InChI is InChI=1S/C16H18ClN3O/c17-15-8-13(18)9-16(19-15)21-14-6-7-20(11-14)10-12-4-2-1-3-5-12/h1-5,8-9,14H,6-7,10-11H2,(H2,18,19). The lowest BCUT2D eigenvalue weighted by atomic mass is 10.2. The first-order chi connectivity index (χ1) is 10.2. The van der Waals surface area contributed by atoms with Crippen LogP contribution in [0.4, 0.5) is 5.69 Å². The van der Waals surface area contributed by atoms with Crippen molar-refractivity contribution in [2.75, 3.05) is 18.8 Å². The summed E-state index contributed by atoms with van der Waals surface area (Å²) in [4.78, 5) is 6.53. The van der Waals surface area contributed by atoms with E-state index in [-0.39, 0.29) is 6.10 Å². The van der Waals surface area contributed by atoms with Gasteiger partial charge in [0.25, 0.3) is 0 Å². The second-order valence-corrected chi connectivity index (χ2v) is 5.70. The van der Waals surface area contributed by atoms with Gasteiger partial charge in [0, 0.05) is 31.4 Å². The van der Waals surface area contributed by atoms with Crippen molar-refractivity contribution < 1.29 is 4.74 Å². The normalized spacial score (nSPS) is 18.8. The number of anilines is 1. The van der Waals surface area contributed by atoms with E-state index in [2.05, 4.69) is 34.1 Å². The van der Waals surface area contributed by atoms with E-state index >= 15 is 0 Å². The van der Waals surface area contributed by atoms with E-state index in [0.29, 0.717) is 16.7 Å². The zero-order chi connectivity index (χ0) is 14.7. The maximum absolute atomic E-state index is 5.89. The summed E-state index contributed by atoms with van der Waals surface area (Å²) in [6, 6.07) is 13.8. The van der Waals surface area contributed by atoms with E-state index in [0.717, 1.165) is 26.1 Å². The lowest BCUT2D eigenvalue weighted by Gasteiger charge is -2.16. The quantitative estimate of drug-likeness (QED) is 0.882. The average Bonchev–Trinajstić information content (AvgIpc) is 2.86. The molecule has 1 aromatic heterocycles. The van der Waals surface area contributed by atoms with Crippen LogP contribution >= 0.6 is 11.6 Å². The van der Waals surface area contributed by atoms with Crippen LogP contribution in [-0.2, 0) is 6.54 Å². The van der Waals surface area contributed by atoms with Gasteiger partial charge in [-0.05, 0) is 18.1 Å². The van der Waals surface area contributed by atoms with Gasteiger partial charge < -0.3 is 10.5 Å². The average molecular weight is 304 g/mol. The number of rotatable bonds is 4. The van der Waals surface area contributed by atoms with Gasteiger partial charge in [0.05, 0.1) is 0 Å². The zero-order valence-electron chi connectivity index (χ0n) is 11.7. The Labute approximate surface area is 129 Å². The van der Waals surface area contributed by atoms with Crippen molar-refractivity contribution in [2.45, 2.75) is 19.1 Å². The predicted molar refractivity (Wildman–Crippen MR) is 84.4 cm³/mol. The SMILES string of the molecule is Nc1cc(Cl)nc(OC2CCN(Cc3ccccc3)C2)c1. The van der Waals surface area contributed by atoms with Crippen LogP contribution < -0.4 is 10.5 Å². The van der Waals surface area contributed by atoms with Crippen molar-refractivity contribution in [3.8, 4) is 5.88 Å². The Morgan fingerprint density at radius 3 is 2.86 bits per heavy atom. The summed E-state index contributed by atoms with van der Waals surface area (Å²) >= 11 is 5.89. The second-order valence-electron chi connectivity index (χ2n) is 5.31. The number of likely N-dealkylation sites (tertiary alicyclic amines) is 1. The molecule has 5 heteroatoms. The maximum atomic E-state index is 5.89. The molecule has 0 radical (unpaired) electrons. The molecule has 1 unspecified atom stereocenters. The summed E-state index contributed by atoms with van der Waals surface area (Å²) in [7, 11) is 0. The van der Waals surface area contributed by atoms with E-state index < -0.39 is 0 Å². The molecule has 1 fully saturated rings. The van der Waals surface area contributed by atoms with Crippen molar-refractivity contribution in [2.24, 2.45) is 0 Å². The summed E-state index contributed by atoms with van der Waals surface area (Å²) in [6.45, 7) is 2.87. The molecular formula is C16H18ClN3O. The smallest absolute Gasteiger partial charge is 0.217 e. The van der Waals surface area contributed by atoms with Gasteiger partial charge in [0.2, 0.25) is 5.88 Å². The third-order valence-corrected chi connectivity index (χ3v) is 3.75. The highest BCUT2D eigenvalue weighted by Crippen LogP contribution is 2.22. The number of nitrogen functional groups attached to an aromatic ring is 1. The van der Waals surface area contributed by atoms with Crippen molar-refractivity contribution in [1.82, 2.24) is 9.88 Å². The van der Waals surface area contributed by atoms with Crippen LogP contribution in [0.5, 0.6) is 5.88 Å². The number of ether oxygens (including phenoxy) is 1. The first kappa shape index (κ1) is 14.2. The molecule has 1 atom stereocenters. The van der Waals surface area contributed by atoms with Crippen molar-refractivity contribution in [3.05, 3.63) is 53.2 Å². The van der Waals surface area contributed by atoms with Crippen LogP contribution in [0.2, 0.25) is 5.15 Å². The number of nitrogens with two attached hydrogens (primary N) is 1. The van der Waals surface area contributed by atoms with E-state index in [1.165, 1.54) is 5.56 Å². The van der Waals surface area contributed by atoms with Crippen LogP contribution in [0.25, 0.3) is 0 Å². The Morgan fingerprint density at radius 2 is 2.10 bits per heavy atom. The molecule has 1 aliphatic rings. The molecule has 1 aromatic carbocycles. The van der Waals surface area contributed by atoms with Gasteiger partial charge >= 0.3 is 0 Å². The van der Waals surface area contributed by atoms with Crippen molar-refractivity contribution >= 4 is 17.3 Å². The predicted octanol–water partition coefficient (Wildman–Crippen LogP) is 2.97. The van der Waals surface area contributed by atoms with Gasteiger partial charge in [0.15, 0.2) is 0 Å². The number of nitrogens with zero attached hydrogens (tertiary/aromatic N) is 2. The summed E-state index contributed by atoms with van der Waals surface area (Å²) in [5, 5.41) is 0.365. The summed E-state index contributed by atoms with van der Waals surface area (Å²) in [6.07, 6.45) is 1.13. The van der Waals surface area contributed by atoms with Crippen LogP contribution in [0.1, 0.15) is 12.0 Å². The maximum Gasteiger partial charge on any atom is 0.217 e. The highest BCUT2D eigenvalue weighted by Gasteiger charge is 2.24. The fourth-order valence-corrected chi connectivity index (χ4v) is 2.81. The van der Waals surface area contributed by atoms with Gasteiger partial charge in [-0.3, -0.25) is 4.90 Å². The molecule has 3 rings (SSSR count). The molecule has 4 nitrogen and oxygen atoms in total. The van der Waals surface area contributed by atoms with Gasteiger partial charge in [-0.1, -0.05) is 41.9 Å². The molecule has 0 saturated carbocycles. The molecule has 1 saturated heterocycles. The fraction of sp³-hybridized carbons (Fsp3) is 0.312. The third kappa shape index (κ3) is 3.86. The number of benzene rings is 1. The number of hydrogen-bond acceptors (Lipinski definition) is 4. The molecule has 1 aliphatic heterocycles. The van der Waals surface area contributed by atoms with Crippen molar-refractivity contribution in [3.63, 3.8) is 0 Å². The van der Waals surface area contributed by atoms with E-state index in [1.54, 1.807) is 12.1 Å². The van der Waals surface area contributed by atoms with Crippen LogP contribution in [0.15, 0.2) is 42.5 Å². The molecular weight excluding hydrogens is 286 g/mol. The minimum Gasteiger partial charge on any atom is -0.473 e. The molecule has 2 N–H and O–H groups in total.